The lowest BCUT2D eigenvalue weighted by Crippen LogP contribution is -2.45. The molecule has 1 aliphatic carbocycles. The van der Waals surface area contributed by atoms with Crippen LogP contribution in [-0.4, -0.2) is 18.0 Å². The third-order valence-corrected chi connectivity index (χ3v) is 3.93. The van der Waals surface area contributed by atoms with Crippen LogP contribution in [0.1, 0.15) is 52.9 Å². The average molecular weight is 226 g/mol. The molecule has 1 fully saturated rings. The molecule has 0 radical (unpaired) electrons. The molecule has 3 heteroatoms. The Bertz CT molecular complexity index is 222. The molecule has 0 aromatic heterocycles. The smallest absolute Gasteiger partial charge is 0.224 e. The molecule has 1 aliphatic rings. The van der Waals surface area contributed by atoms with Crippen molar-refractivity contribution in [2.75, 3.05) is 0 Å². The molecule has 0 heterocycles. The lowest BCUT2D eigenvalue weighted by Gasteiger charge is -2.29. The molecule has 3 nitrogen and oxygen atoms in total. The van der Waals surface area contributed by atoms with Crippen molar-refractivity contribution >= 4 is 5.91 Å². The monoisotopic (exact) mass is 226 g/mol. The van der Waals surface area contributed by atoms with Gasteiger partial charge in [-0.3, -0.25) is 4.79 Å². The Morgan fingerprint density at radius 2 is 1.75 bits per heavy atom. The van der Waals surface area contributed by atoms with Gasteiger partial charge >= 0.3 is 0 Å². The third kappa shape index (κ3) is 3.78. The summed E-state index contributed by atoms with van der Waals surface area (Å²) in [6.07, 6.45) is 6.50. The standard InChI is InChI=1S/C13H26N2O/c1-9(10(2)14)13(16)15-11(3)12-7-5-4-6-8-12/h9-12H,4-8,14H2,1-3H3,(H,15,16)/t9?,10?,11-/m1/s1. The van der Waals surface area contributed by atoms with Crippen molar-refractivity contribution in [1.82, 2.24) is 5.32 Å². The van der Waals surface area contributed by atoms with Gasteiger partial charge in [-0.25, -0.2) is 0 Å². The van der Waals surface area contributed by atoms with Gasteiger partial charge in [0, 0.05) is 18.0 Å². The first-order chi connectivity index (χ1) is 7.52. The third-order valence-electron chi connectivity index (χ3n) is 3.93. The van der Waals surface area contributed by atoms with Gasteiger partial charge in [0.15, 0.2) is 0 Å². The quantitative estimate of drug-likeness (QED) is 0.771. The maximum atomic E-state index is 11.8. The fraction of sp³-hybridized carbons (Fsp3) is 0.923. The first-order valence-corrected chi connectivity index (χ1v) is 6.58. The molecular weight excluding hydrogens is 200 g/mol. The molecule has 3 N–H and O–H groups in total. The van der Waals surface area contributed by atoms with Crippen molar-refractivity contribution in [1.29, 1.82) is 0 Å². The van der Waals surface area contributed by atoms with Gasteiger partial charge in [0.05, 0.1) is 0 Å². The van der Waals surface area contributed by atoms with Crippen LogP contribution >= 0.6 is 0 Å². The average Bonchev–Trinajstić information content (AvgIpc) is 2.28. The highest BCUT2D eigenvalue weighted by atomic mass is 16.1. The van der Waals surface area contributed by atoms with E-state index in [0.717, 1.165) is 0 Å². The Balaban J connectivity index is 2.37. The summed E-state index contributed by atoms with van der Waals surface area (Å²) < 4.78 is 0. The summed E-state index contributed by atoms with van der Waals surface area (Å²) >= 11 is 0. The van der Waals surface area contributed by atoms with Crippen molar-refractivity contribution in [2.24, 2.45) is 17.6 Å². The summed E-state index contributed by atoms with van der Waals surface area (Å²) in [4.78, 5) is 11.8. The van der Waals surface area contributed by atoms with Crippen molar-refractivity contribution in [3.8, 4) is 0 Å². The van der Waals surface area contributed by atoms with Crippen LogP contribution in [0.25, 0.3) is 0 Å². The first-order valence-electron chi connectivity index (χ1n) is 6.58. The van der Waals surface area contributed by atoms with Crippen molar-refractivity contribution in [3.05, 3.63) is 0 Å². The van der Waals surface area contributed by atoms with E-state index in [1.54, 1.807) is 0 Å². The summed E-state index contributed by atoms with van der Waals surface area (Å²) in [5.41, 5.74) is 5.73. The van der Waals surface area contributed by atoms with E-state index in [0.29, 0.717) is 12.0 Å². The molecule has 1 saturated carbocycles. The summed E-state index contributed by atoms with van der Waals surface area (Å²) in [6, 6.07) is 0.229. The number of carbonyl (C=O) groups is 1. The van der Waals surface area contributed by atoms with Gasteiger partial charge in [-0.15, -0.1) is 0 Å². The Labute approximate surface area is 99.2 Å². The maximum Gasteiger partial charge on any atom is 0.224 e. The second-order valence-electron chi connectivity index (χ2n) is 5.34. The van der Waals surface area contributed by atoms with E-state index in [4.69, 9.17) is 5.73 Å². The predicted octanol–water partition coefficient (Wildman–Crippen LogP) is 2.05. The molecule has 0 aliphatic heterocycles. The van der Waals surface area contributed by atoms with Crippen LogP contribution in [0.3, 0.4) is 0 Å². The van der Waals surface area contributed by atoms with Gasteiger partial charge in [-0.2, -0.15) is 0 Å². The molecule has 0 aromatic carbocycles. The minimum atomic E-state index is -0.0916. The molecular formula is C13H26N2O. The van der Waals surface area contributed by atoms with Crippen LogP contribution in [0.15, 0.2) is 0 Å². The van der Waals surface area contributed by atoms with E-state index in [1.807, 2.05) is 13.8 Å². The second kappa shape index (κ2) is 6.24. The van der Waals surface area contributed by atoms with E-state index < -0.39 is 0 Å². The fourth-order valence-electron chi connectivity index (χ4n) is 2.35. The molecule has 1 rings (SSSR count). The van der Waals surface area contributed by atoms with Crippen molar-refractivity contribution < 1.29 is 4.79 Å². The molecule has 2 unspecified atom stereocenters. The minimum absolute atomic E-state index is 0.0708. The van der Waals surface area contributed by atoms with Crippen LogP contribution in [0, 0.1) is 11.8 Å². The highest BCUT2D eigenvalue weighted by Crippen LogP contribution is 2.26. The van der Waals surface area contributed by atoms with E-state index >= 15 is 0 Å². The van der Waals surface area contributed by atoms with Crippen LogP contribution < -0.4 is 11.1 Å². The van der Waals surface area contributed by atoms with Gasteiger partial charge in [-0.05, 0) is 32.6 Å². The molecule has 0 spiro atoms. The van der Waals surface area contributed by atoms with Gasteiger partial charge in [0.25, 0.3) is 0 Å². The molecule has 16 heavy (non-hydrogen) atoms. The fourth-order valence-corrected chi connectivity index (χ4v) is 2.35. The van der Waals surface area contributed by atoms with Crippen LogP contribution in [-0.2, 0) is 4.79 Å². The van der Waals surface area contributed by atoms with Crippen molar-refractivity contribution in [3.63, 3.8) is 0 Å². The molecule has 94 valence electrons. The lowest BCUT2D eigenvalue weighted by molar-refractivity contribution is -0.126. The topological polar surface area (TPSA) is 55.1 Å². The Kier molecular flexibility index (Phi) is 5.26. The van der Waals surface area contributed by atoms with E-state index in [-0.39, 0.29) is 17.9 Å². The van der Waals surface area contributed by atoms with Crippen LogP contribution in [0.5, 0.6) is 0 Å². The number of nitrogens with one attached hydrogen (secondary N) is 1. The van der Waals surface area contributed by atoms with Crippen LogP contribution in [0.2, 0.25) is 0 Å². The van der Waals surface area contributed by atoms with Gasteiger partial charge < -0.3 is 11.1 Å². The number of hydrogen-bond donors (Lipinski definition) is 2. The highest BCUT2D eigenvalue weighted by molar-refractivity contribution is 5.79. The number of carbonyl (C=O) groups excluding carboxylic acids is 1. The second-order valence-corrected chi connectivity index (χ2v) is 5.34. The number of amides is 1. The zero-order valence-electron chi connectivity index (χ0n) is 10.8. The minimum Gasteiger partial charge on any atom is -0.353 e. The largest absolute Gasteiger partial charge is 0.353 e. The summed E-state index contributed by atoms with van der Waals surface area (Å²) in [5, 5.41) is 3.11. The summed E-state index contributed by atoms with van der Waals surface area (Å²) in [7, 11) is 0. The summed E-state index contributed by atoms with van der Waals surface area (Å²) in [6.45, 7) is 5.91. The Hall–Kier alpha value is -0.570. The van der Waals surface area contributed by atoms with Gasteiger partial charge in [0.1, 0.15) is 0 Å². The normalized spacial score (nSPS) is 23.5. The Morgan fingerprint density at radius 1 is 1.19 bits per heavy atom. The number of hydrogen-bond acceptors (Lipinski definition) is 2. The zero-order chi connectivity index (χ0) is 12.1. The van der Waals surface area contributed by atoms with Gasteiger partial charge in [-0.1, -0.05) is 26.2 Å². The van der Waals surface area contributed by atoms with Gasteiger partial charge in [0.2, 0.25) is 5.91 Å². The maximum absolute atomic E-state index is 11.8. The molecule has 3 atom stereocenters. The zero-order valence-corrected chi connectivity index (χ0v) is 10.8. The molecule has 0 saturated heterocycles. The number of nitrogens with two attached hydrogens (primary N) is 1. The van der Waals surface area contributed by atoms with Crippen molar-refractivity contribution in [2.45, 2.75) is 65.0 Å². The Morgan fingerprint density at radius 3 is 2.25 bits per heavy atom. The van der Waals surface area contributed by atoms with Crippen LogP contribution in [0.4, 0.5) is 0 Å². The summed E-state index contributed by atoms with van der Waals surface area (Å²) in [5.74, 6) is 0.678. The predicted molar refractivity (Wildman–Crippen MR) is 67.0 cm³/mol. The molecule has 0 aromatic rings. The lowest BCUT2D eigenvalue weighted by atomic mass is 9.84. The SMILES string of the molecule is CC(N)C(C)C(=O)N[C@H](C)C1CCCCC1. The molecule has 1 amide bonds. The number of rotatable bonds is 4. The van der Waals surface area contributed by atoms with E-state index in [9.17, 15) is 4.79 Å². The highest BCUT2D eigenvalue weighted by Gasteiger charge is 2.24. The van der Waals surface area contributed by atoms with E-state index in [2.05, 4.69) is 12.2 Å². The van der Waals surface area contributed by atoms with E-state index in [1.165, 1.54) is 32.1 Å². The first kappa shape index (κ1) is 13.5. The molecule has 0 bridgehead atoms.